The predicted octanol–water partition coefficient (Wildman–Crippen LogP) is 6.76. The van der Waals surface area contributed by atoms with E-state index in [2.05, 4.69) is 11.9 Å². The average molecular weight is 568 g/mol. The minimum atomic E-state index is -0.349. The molecule has 4 fully saturated rings. The molecule has 2 unspecified atom stereocenters. The Morgan fingerprint density at radius 3 is 2.10 bits per heavy atom. The zero-order valence-electron chi connectivity index (χ0n) is 24.5. The van der Waals surface area contributed by atoms with Crippen LogP contribution >= 0.6 is 0 Å². The molecule has 3 N–H and O–H groups in total. The largest absolute Gasteiger partial charge is 0.508 e. The fourth-order valence-corrected chi connectivity index (χ4v) is 9.23. The Balaban J connectivity index is 1.07. The number of nitrogens with zero attached hydrogens (tertiary/aromatic N) is 1. The van der Waals surface area contributed by atoms with Gasteiger partial charge >= 0.3 is 0 Å². The molecule has 0 radical (unpaired) electrons. The molecule has 6 heteroatoms. The second kappa shape index (κ2) is 10.6. The van der Waals surface area contributed by atoms with Gasteiger partial charge in [0.2, 0.25) is 0 Å². The fraction of sp³-hybridized carbons (Fsp3) is 0.472. The zero-order chi connectivity index (χ0) is 29.1. The Kier molecular flexibility index (Phi) is 6.92. The molecular weight excluding hydrogens is 526 g/mol. The molecule has 4 saturated carbocycles. The molecule has 42 heavy (non-hydrogen) atoms. The Morgan fingerprint density at radius 2 is 1.45 bits per heavy atom. The summed E-state index contributed by atoms with van der Waals surface area (Å²) < 4.78 is 6.17. The first-order valence-corrected chi connectivity index (χ1v) is 15.6. The van der Waals surface area contributed by atoms with Crippen molar-refractivity contribution in [1.29, 1.82) is 0 Å². The van der Waals surface area contributed by atoms with Crippen LogP contribution in [0.1, 0.15) is 66.4 Å². The van der Waals surface area contributed by atoms with Crippen molar-refractivity contribution >= 4 is 5.78 Å². The number of fused-ring (bicyclic) bond motifs is 1. The molecule has 5 aliphatic carbocycles. The number of carbonyl (C=O) groups is 1. The SMILES string of the molecule is CC1C(=O)c2c(O)cc(O)c(-c3ccc(OCCN(C)C4C5CC6CC(C5)CC4C6)cc3)c2CC1c1ccc(O)cc1. The number of hydrogen-bond acceptors (Lipinski definition) is 6. The first-order valence-electron chi connectivity index (χ1n) is 15.6. The molecule has 0 aromatic heterocycles. The van der Waals surface area contributed by atoms with Crippen molar-refractivity contribution in [1.82, 2.24) is 4.90 Å². The molecule has 2 atom stereocenters. The third-order valence-electron chi connectivity index (χ3n) is 10.9. The maximum atomic E-state index is 13.5. The van der Waals surface area contributed by atoms with Crippen LogP contribution in [0.5, 0.6) is 23.0 Å². The molecule has 3 aromatic rings. The highest BCUT2D eigenvalue weighted by atomic mass is 16.5. The second-order valence-electron chi connectivity index (χ2n) is 13.5. The number of Topliss-reactive ketones (excluding diaryl/α,β-unsaturated/α-hetero) is 1. The molecule has 220 valence electrons. The molecule has 4 bridgehead atoms. The predicted molar refractivity (Wildman–Crippen MR) is 162 cm³/mol. The maximum Gasteiger partial charge on any atom is 0.170 e. The first kappa shape index (κ1) is 27.3. The lowest BCUT2D eigenvalue weighted by Crippen LogP contribution is -2.55. The number of hydrogen-bond donors (Lipinski definition) is 3. The van der Waals surface area contributed by atoms with E-state index < -0.39 is 0 Å². The molecule has 0 saturated heterocycles. The van der Waals surface area contributed by atoms with Gasteiger partial charge < -0.3 is 20.1 Å². The van der Waals surface area contributed by atoms with Crippen molar-refractivity contribution in [2.45, 2.75) is 57.4 Å². The molecule has 0 aliphatic heterocycles. The van der Waals surface area contributed by atoms with Gasteiger partial charge in [-0.15, -0.1) is 0 Å². The van der Waals surface area contributed by atoms with Crippen molar-refractivity contribution in [2.75, 3.05) is 20.2 Å². The van der Waals surface area contributed by atoms with E-state index in [1.54, 1.807) is 12.1 Å². The highest BCUT2D eigenvalue weighted by Gasteiger charge is 2.49. The Labute approximate surface area is 248 Å². The fourth-order valence-electron chi connectivity index (χ4n) is 9.23. The van der Waals surface area contributed by atoms with E-state index in [1.807, 2.05) is 43.3 Å². The average Bonchev–Trinajstić information content (AvgIpc) is 2.95. The summed E-state index contributed by atoms with van der Waals surface area (Å²) in [6.45, 7) is 3.40. The minimum absolute atomic E-state index is 0.0518. The second-order valence-corrected chi connectivity index (χ2v) is 13.5. The van der Waals surface area contributed by atoms with Crippen LogP contribution in [0.15, 0.2) is 54.6 Å². The van der Waals surface area contributed by atoms with Gasteiger partial charge in [0, 0.05) is 30.1 Å². The number of ether oxygens (including phenoxy) is 1. The lowest BCUT2D eigenvalue weighted by Gasteiger charge is -2.56. The number of carbonyl (C=O) groups excluding carboxylic acids is 1. The first-order chi connectivity index (χ1) is 20.3. The third kappa shape index (κ3) is 4.74. The van der Waals surface area contributed by atoms with Crippen LogP contribution in [0.3, 0.4) is 0 Å². The van der Waals surface area contributed by atoms with Gasteiger partial charge in [0.1, 0.15) is 29.6 Å². The van der Waals surface area contributed by atoms with Crippen LogP contribution in [0, 0.1) is 29.6 Å². The summed E-state index contributed by atoms with van der Waals surface area (Å²) in [7, 11) is 2.27. The van der Waals surface area contributed by atoms with Crippen molar-refractivity contribution < 1.29 is 24.9 Å². The van der Waals surface area contributed by atoms with E-state index in [4.69, 9.17) is 4.74 Å². The van der Waals surface area contributed by atoms with E-state index in [1.165, 1.54) is 38.2 Å². The van der Waals surface area contributed by atoms with Crippen molar-refractivity contribution in [2.24, 2.45) is 29.6 Å². The number of likely N-dealkylation sites (N-methyl/N-ethyl adjacent to an activating group) is 1. The molecular formula is C36H41NO5. The van der Waals surface area contributed by atoms with Crippen LogP contribution in [0.25, 0.3) is 11.1 Å². The molecule has 8 rings (SSSR count). The summed E-state index contributed by atoms with van der Waals surface area (Å²) in [4.78, 5) is 16.0. The molecule has 0 spiro atoms. The highest BCUT2D eigenvalue weighted by molar-refractivity contribution is 6.05. The van der Waals surface area contributed by atoms with Crippen molar-refractivity contribution in [3.05, 3.63) is 71.3 Å². The van der Waals surface area contributed by atoms with Gasteiger partial charge in [0.15, 0.2) is 5.78 Å². The van der Waals surface area contributed by atoms with Crippen molar-refractivity contribution in [3.8, 4) is 34.1 Å². The van der Waals surface area contributed by atoms with Gasteiger partial charge in [0.05, 0.1) is 5.56 Å². The lowest BCUT2D eigenvalue weighted by molar-refractivity contribution is -0.0594. The van der Waals surface area contributed by atoms with E-state index in [0.717, 1.165) is 47.1 Å². The molecule has 0 heterocycles. The molecule has 0 amide bonds. The summed E-state index contributed by atoms with van der Waals surface area (Å²) >= 11 is 0. The normalized spacial score (nSPS) is 29.6. The molecule has 5 aliphatic rings. The standard InChI is InChI=1S/C36H41NO5/c1-20-29(23-3-7-27(38)8-4-23)18-30-33(31(39)19-32(40)34(30)36(20)41)24-5-9-28(10-6-24)42-12-11-37(2)35-25-14-21-13-22(16-25)17-26(35)15-21/h3-10,19-22,25-26,29,35,38-40H,11-18H2,1-2H3. The number of phenolic OH excluding ortho intramolecular Hbond substituents is 3. The van der Waals surface area contributed by atoms with Gasteiger partial charge in [0.25, 0.3) is 0 Å². The van der Waals surface area contributed by atoms with E-state index in [9.17, 15) is 20.1 Å². The summed E-state index contributed by atoms with van der Waals surface area (Å²) in [5.41, 5.74) is 3.22. The summed E-state index contributed by atoms with van der Waals surface area (Å²) in [5.74, 6) is 3.75. The molecule has 6 nitrogen and oxygen atoms in total. The topological polar surface area (TPSA) is 90.2 Å². The van der Waals surface area contributed by atoms with Crippen molar-refractivity contribution in [3.63, 3.8) is 0 Å². The Hall–Kier alpha value is -3.51. The van der Waals surface area contributed by atoms with Gasteiger partial charge in [-0.05, 0) is 116 Å². The Bertz CT molecular complexity index is 1450. The zero-order valence-corrected chi connectivity index (χ0v) is 24.5. The van der Waals surface area contributed by atoms with Crippen LogP contribution in [0.4, 0.5) is 0 Å². The number of rotatable bonds is 7. The Morgan fingerprint density at radius 1 is 0.833 bits per heavy atom. The number of aromatic hydroxyl groups is 3. The van der Waals surface area contributed by atoms with E-state index in [0.29, 0.717) is 35.8 Å². The highest BCUT2D eigenvalue weighted by Crippen LogP contribution is 2.55. The molecule has 3 aromatic carbocycles. The summed E-state index contributed by atoms with van der Waals surface area (Å²) in [6, 6.07) is 16.6. The monoisotopic (exact) mass is 567 g/mol. The quantitative estimate of drug-likeness (QED) is 0.292. The van der Waals surface area contributed by atoms with E-state index >= 15 is 0 Å². The van der Waals surface area contributed by atoms with Gasteiger partial charge in [-0.1, -0.05) is 31.2 Å². The van der Waals surface area contributed by atoms with Gasteiger partial charge in [-0.3, -0.25) is 9.69 Å². The number of benzene rings is 3. The van der Waals surface area contributed by atoms with Gasteiger partial charge in [-0.2, -0.15) is 0 Å². The van der Waals surface area contributed by atoms with Gasteiger partial charge in [-0.25, -0.2) is 0 Å². The summed E-state index contributed by atoms with van der Waals surface area (Å²) in [5, 5.41) is 31.4. The summed E-state index contributed by atoms with van der Waals surface area (Å²) in [6.07, 6.45) is 7.62. The van der Waals surface area contributed by atoms with Crippen LogP contribution in [-0.2, 0) is 6.42 Å². The smallest absolute Gasteiger partial charge is 0.170 e. The number of ketones is 1. The van der Waals surface area contributed by atoms with Crippen LogP contribution in [0.2, 0.25) is 0 Å². The maximum absolute atomic E-state index is 13.5. The lowest BCUT2D eigenvalue weighted by atomic mass is 9.54. The third-order valence-corrected chi connectivity index (χ3v) is 10.9. The minimum Gasteiger partial charge on any atom is -0.508 e. The number of phenols is 3. The van der Waals surface area contributed by atoms with Crippen LogP contribution in [-0.4, -0.2) is 52.2 Å². The van der Waals surface area contributed by atoms with E-state index in [-0.39, 0.29) is 34.9 Å². The van der Waals surface area contributed by atoms with Crippen LogP contribution < -0.4 is 4.74 Å².